The third kappa shape index (κ3) is 4.22. The summed E-state index contributed by atoms with van der Waals surface area (Å²) in [5.41, 5.74) is 0.586. The molecule has 1 aromatic rings. The summed E-state index contributed by atoms with van der Waals surface area (Å²) in [7, 11) is 0. The molecule has 1 atom stereocenters. The van der Waals surface area contributed by atoms with Gasteiger partial charge in [0.2, 0.25) is 0 Å². The van der Waals surface area contributed by atoms with Gasteiger partial charge in [-0.25, -0.2) is 0 Å². The normalized spacial score (nSPS) is 12.0. The van der Waals surface area contributed by atoms with Gasteiger partial charge in [-0.15, -0.1) is 0 Å². The van der Waals surface area contributed by atoms with Crippen LogP contribution in [0.25, 0.3) is 0 Å². The van der Waals surface area contributed by atoms with Crippen molar-refractivity contribution in [1.29, 1.82) is 0 Å². The Morgan fingerprint density at radius 1 is 1.21 bits per heavy atom. The molecule has 5 heteroatoms. The highest BCUT2D eigenvalue weighted by atomic mass is 35.5. The third-order valence-corrected chi connectivity index (χ3v) is 3.43. The van der Waals surface area contributed by atoms with Gasteiger partial charge in [-0.05, 0) is 31.0 Å². The van der Waals surface area contributed by atoms with Gasteiger partial charge in [-0.2, -0.15) is 0 Å². The fraction of sp³-hybridized carbons (Fsp3) is 0.429. The van der Waals surface area contributed by atoms with Crippen LogP contribution in [0.2, 0.25) is 10.0 Å². The van der Waals surface area contributed by atoms with E-state index < -0.39 is 11.9 Å². The molecule has 0 spiro atoms. The Morgan fingerprint density at radius 3 is 2.26 bits per heavy atom. The summed E-state index contributed by atoms with van der Waals surface area (Å²) >= 11 is 12.2. The van der Waals surface area contributed by atoms with Crippen LogP contribution >= 0.6 is 23.2 Å². The number of Topliss-reactive ketones (excluding diaryl/α,β-unsaturated/α-hetero) is 1. The molecular weight excluding hydrogens is 287 g/mol. The van der Waals surface area contributed by atoms with E-state index in [1.165, 1.54) is 0 Å². The number of hydrogen-bond donors (Lipinski definition) is 0. The topological polar surface area (TPSA) is 43.4 Å². The molecule has 3 nitrogen and oxygen atoms in total. The predicted octanol–water partition coefficient (Wildman–Crippen LogP) is 4.01. The lowest BCUT2D eigenvalue weighted by Crippen LogP contribution is -2.18. The first-order valence-corrected chi connectivity index (χ1v) is 6.89. The molecule has 0 aromatic heterocycles. The summed E-state index contributed by atoms with van der Waals surface area (Å²) in [5.74, 6) is -1.23. The molecular formula is C14H16Cl2O3. The zero-order valence-corrected chi connectivity index (χ0v) is 12.4. The molecule has 19 heavy (non-hydrogen) atoms. The van der Waals surface area contributed by atoms with E-state index in [9.17, 15) is 9.59 Å². The lowest BCUT2D eigenvalue weighted by atomic mass is 9.90. The highest BCUT2D eigenvalue weighted by molar-refractivity contribution is 6.36. The minimum absolute atomic E-state index is 0.226. The second-order valence-electron chi connectivity index (χ2n) is 4.04. The van der Waals surface area contributed by atoms with Crippen LogP contribution in [0.1, 0.15) is 38.2 Å². The van der Waals surface area contributed by atoms with E-state index in [1.54, 1.807) is 25.1 Å². The summed E-state index contributed by atoms with van der Waals surface area (Å²) in [6, 6.07) is 5.09. The maximum Gasteiger partial charge on any atom is 0.313 e. The van der Waals surface area contributed by atoms with Gasteiger partial charge in [0.25, 0.3) is 0 Å². The van der Waals surface area contributed by atoms with Crippen molar-refractivity contribution in [2.75, 3.05) is 6.61 Å². The van der Waals surface area contributed by atoms with Crippen molar-refractivity contribution < 1.29 is 14.3 Å². The number of benzene rings is 1. The van der Waals surface area contributed by atoms with E-state index in [0.29, 0.717) is 22.0 Å². The van der Waals surface area contributed by atoms with Crippen LogP contribution in [-0.2, 0) is 14.3 Å². The highest BCUT2D eigenvalue weighted by Crippen LogP contribution is 2.34. The van der Waals surface area contributed by atoms with Gasteiger partial charge in [0.1, 0.15) is 6.42 Å². The lowest BCUT2D eigenvalue weighted by Gasteiger charge is -2.16. The minimum atomic E-state index is -0.519. The van der Waals surface area contributed by atoms with Gasteiger partial charge in [-0.1, -0.05) is 36.2 Å². The molecule has 0 radical (unpaired) electrons. The maximum absolute atomic E-state index is 12.1. The minimum Gasteiger partial charge on any atom is -0.466 e. The Kier molecular flexibility index (Phi) is 6.32. The summed E-state index contributed by atoms with van der Waals surface area (Å²) in [4.78, 5) is 23.5. The zero-order valence-electron chi connectivity index (χ0n) is 10.9. The molecule has 0 aliphatic heterocycles. The van der Waals surface area contributed by atoms with Gasteiger partial charge in [-0.3, -0.25) is 9.59 Å². The van der Waals surface area contributed by atoms with Crippen LogP contribution in [0.5, 0.6) is 0 Å². The molecule has 0 saturated heterocycles. The monoisotopic (exact) mass is 302 g/mol. The van der Waals surface area contributed by atoms with Gasteiger partial charge in [0.15, 0.2) is 5.78 Å². The summed E-state index contributed by atoms with van der Waals surface area (Å²) < 4.78 is 4.78. The fourth-order valence-electron chi connectivity index (χ4n) is 1.91. The van der Waals surface area contributed by atoms with Crippen molar-refractivity contribution in [3.63, 3.8) is 0 Å². The largest absolute Gasteiger partial charge is 0.466 e. The van der Waals surface area contributed by atoms with Crippen LogP contribution in [0.3, 0.4) is 0 Å². The molecule has 0 bridgehead atoms. The van der Waals surface area contributed by atoms with Crippen molar-refractivity contribution in [3.8, 4) is 0 Å². The van der Waals surface area contributed by atoms with Gasteiger partial charge >= 0.3 is 5.97 Å². The number of ether oxygens (including phenoxy) is 1. The smallest absolute Gasteiger partial charge is 0.313 e. The Morgan fingerprint density at radius 2 is 1.79 bits per heavy atom. The second kappa shape index (κ2) is 7.51. The number of hydrogen-bond acceptors (Lipinski definition) is 3. The van der Waals surface area contributed by atoms with E-state index >= 15 is 0 Å². The van der Waals surface area contributed by atoms with E-state index in [2.05, 4.69) is 0 Å². The van der Waals surface area contributed by atoms with Crippen LogP contribution < -0.4 is 0 Å². The first kappa shape index (κ1) is 16.0. The molecule has 104 valence electrons. The first-order chi connectivity index (χ1) is 9.01. The molecule has 0 amide bonds. The number of esters is 1. The SMILES string of the molecule is CCOC(=O)CC(=O)[C@@H](CC)c1c(Cl)cccc1Cl. The Labute approximate surface area is 122 Å². The van der Waals surface area contributed by atoms with Crippen molar-refractivity contribution in [2.24, 2.45) is 0 Å². The van der Waals surface area contributed by atoms with Gasteiger partial charge in [0, 0.05) is 16.0 Å². The molecule has 0 N–H and O–H groups in total. The van der Waals surface area contributed by atoms with Crippen LogP contribution in [0.15, 0.2) is 18.2 Å². The molecule has 0 aliphatic carbocycles. The fourth-order valence-corrected chi connectivity index (χ4v) is 2.57. The molecule has 0 heterocycles. The average Bonchev–Trinajstić information content (AvgIpc) is 2.34. The summed E-state index contributed by atoms with van der Waals surface area (Å²) in [5, 5.41) is 0.883. The Bertz CT molecular complexity index is 452. The van der Waals surface area contributed by atoms with Crippen molar-refractivity contribution in [2.45, 2.75) is 32.6 Å². The lowest BCUT2D eigenvalue weighted by molar-refractivity contribution is -0.145. The number of carbonyl (C=O) groups is 2. The predicted molar refractivity (Wildman–Crippen MR) is 75.8 cm³/mol. The van der Waals surface area contributed by atoms with E-state index in [-0.39, 0.29) is 18.8 Å². The number of ketones is 1. The molecule has 1 rings (SSSR count). The Balaban J connectivity index is 2.94. The average molecular weight is 303 g/mol. The van der Waals surface area contributed by atoms with Crippen LogP contribution in [0, 0.1) is 0 Å². The quantitative estimate of drug-likeness (QED) is 0.589. The Hall–Kier alpha value is -1.06. The van der Waals surface area contributed by atoms with E-state index in [1.807, 2.05) is 6.92 Å². The standard InChI is InChI=1S/C14H16Cl2O3/c1-3-9(12(17)8-13(18)19-4-2)14-10(15)6-5-7-11(14)16/h5-7,9H,3-4,8H2,1-2H3/t9-/m1/s1. The number of rotatable bonds is 6. The molecule has 0 fully saturated rings. The highest BCUT2D eigenvalue weighted by Gasteiger charge is 2.25. The first-order valence-electron chi connectivity index (χ1n) is 6.13. The molecule has 0 unspecified atom stereocenters. The van der Waals surface area contributed by atoms with Gasteiger partial charge < -0.3 is 4.74 Å². The van der Waals surface area contributed by atoms with Gasteiger partial charge in [0.05, 0.1) is 6.61 Å². The molecule has 0 aliphatic rings. The maximum atomic E-state index is 12.1. The van der Waals surface area contributed by atoms with Crippen LogP contribution in [0.4, 0.5) is 0 Å². The molecule has 0 saturated carbocycles. The molecule has 1 aromatic carbocycles. The summed E-state index contributed by atoms with van der Waals surface area (Å²) in [6.07, 6.45) is 0.273. The van der Waals surface area contributed by atoms with Crippen molar-refractivity contribution in [3.05, 3.63) is 33.8 Å². The number of halogens is 2. The number of carbonyl (C=O) groups excluding carboxylic acids is 2. The summed E-state index contributed by atoms with van der Waals surface area (Å²) in [6.45, 7) is 3.81. The van der Waals surface area contributed by atoms with E-state index in [4.69, 9.17) is 27.9 Å². The third-order valence-electron chi connectivity index (χ3n) is 2.77. The van der Waals surface area contributed by atoms with Crippen molar-refractivity contribution in [1.82, 2.24) is 0 Å². The van der Waals surface area contributed by atoms with E-state index in [0.717, 1.165) is 0 Å². The van der Waals surface area contributed by atoms with Crippen molar-refractivity contribution >= 4 is 35.0 Å². The van der Waals surface area contributed by atoms with Crippen LogP contribution in [-0.4, -0.2) is 18.4 Å². The zero-order chi connectivity index (χ0) is 14.4. The second-order valence-corrected chi connectivity index (χ2v) is 4.86.